The van der Waals surface area contributed by atoms with Gasteiger partial charge in [-0.25, -0.2) is 9.59 Å². The van der Waals surface area contributed by atoms with Crippen LogP contribution < -0.4 is 0 Å². The van der Waals surface area contributed by atoms with Gasteiger partial charge < -0.3 is 14.6 Å². The van der Waals surface area contributed by atoms with E-state index in [1.807, 2.05) is 0 Å². The largest absolute Gasteiger partial charge is 0.478 e. The third-order valence-corrected chi connectivity index (χ3v) is 2.25. The Hall–Kier alpha value is -1.56. The summed E-state index contributed by atoms with van der Waals surface area (Å²) in [6, 6.07) is -0.398. The first-order chi connectivity index (χ1) is 8.29. The molecule has 6 nitrogen and oxygen atoms in total. The molecule has 0 aliphatic carbocycles. The maximum Gasteiger partial charge on any atom is 0.410 e. The fourth-order valence-corrected chi connectivity index (χ4v) is 1.52. The molecule has 0 aromatic heterocycles. The first-order valence-electron chi connectivity index (χ1n) is 5.78. The SMILES string of the molecule is CC(C)(C)OC(=O)N1CCOC[C@H]1C=CC(=O)O. The second-order valence-electron chi connectivity index (χ2n) is 5.01. The molecular weight excluding hydrogens is 238 g/mol. The second-order valence-corrected chi connectivity index (χ2v) is 5.01. The summed E-state index contributed by atoms with van der Waals surface area (Å²) in [6.45, 7) is 6.46. The highest BCUT2D eigenvalue weighted by Gasteiger charge is 2.29. The lowest BCUT2D eigenvalue weighted by Gasteiger charge is -2.35. The highest BCUT2D eigenvalue weighted by molar-refractivity contribution is 5.80. The molecule has 1 rings (SSSR count). The van der Waals surface area contributed by atoms with E-state index in [-0.39, 0.29) is 6.61 Å². The highest BCUT2D eigenvalue weighted by atomic mass is 16.6. The molecule has 1 saturated heterocycles. The Morgan fingerprint density at radius 2 is 2.11 bits per heavy atom. The van der Waals surface area contributed by atoms with Crippen LogP contribution in [0.3, 0.4) is 0 Å². The Morgan fingerprint density at radius 1 is 1.44 bits per heavy atom. The topological polar surface area (TPSA) is 76.1 Å². The third kappa shape index (κ3) is 4.75. The van der Waals surface area contributed by atoms with Crippen LogP contribution in [-0.2, 0) is 14.3 Å². The van der Waals surface area contributed by atoms with Crippen LogP contribution in [0.4, 0.5) is 4.79 Å². The maximum absolute atomic E-state index is 11.9. The number of carboxylic acids is 1. The van der Waals surface area contributed by atoms with Gasteiger partial charge in [0.15, 0.2) is 0 Å². The number of carboxylic acid groups (broad SMARTS) is 1. The number of rotatable bonds is 2. The lowest BCUT2D eigenvalue weighted by Crippen LogP contribution is -2.49. The van der Waals surface area contributed by atoms with Gasteiger partial charge in [-0.1, -0.05) is 6.08 Å². The van der Waals surface area contributed by atoms with Crippen LogP contribution in [0, 0.1) is 0 Å². The number of hydrogen-bond acceptors (Lipinski definition) is 4. The van der Waals surface area contributed by atoms with Crippen molar-refractivity contribution in [3.05, 3.63) is 12.2 Å². The van der Waals surface area contributed by atoms with Gasteiger partial charge in [-0.05, 0) is 20.8 Å². The van der Waals surface area contributed by atoms with Gasteiger partial charge in [0.05, 0.1) is 19.3 Å². The standard InChI is InChI=1S/C12H19NO5/c1-12(2,3)18-11(16)13-6-7-17-8-9(13)4-5-10(14)15/h4-5,9H,6-8H2,1-3H3,(H,14,15)/t9-/m1/s1. The highest BCUT2D eigenvalue weighted by Crippen LogP contribution is 2.15. The van der Waals surface area contributed by atoms with E-state index < -0.39 is 23.7 Å². The van der Waals surface area contributed by atoms with E-state index in [0.717, 1.165) is 6.08 Å². The Bertz CT molecular complexity index is 345. The molecular formula is C12H19NO5. The molecule has 1 N–H and O–H groups in total. The number of carbonyl (C=O) groups is 2. The van der Waals surface area contributed by atoms with Gasteiger partial charge >= 0.3 is 12.1 Å². The molecule has 18 heavy (non-hydrogen) atoms. The van der Waals surface area contributed by atoms with Gasteiger partial charge in [0.2, 0.25) is 0 Å². The molecule has 0 saturated carbocycles. The van der Waals surface area contributed by atoms with Gasteiger partial charge in [-0.3, -0.25) is 4.90 Å². The first-order valence-corrected chi connectivity index (χ1v) is 5.78. The summed E-state index contributed by atoms with van der Waals surface area (Å²) >= 11 is 0. The fourth-order valence-electron chi connectivity index (χ4n) is 1.52. The summed E-state index contributed by atoms with van der Waals surface area (Å²) < 4.78 is 10.5. The average molecular weight is 257 g/mol. The smallest absolute Gasteiger partial charge is 0.410 e. The minimum atomic E-state index is -1.05. The predicted octanol–water partition coefficient (Wildman–Crippen LogP) is 1.26. The summed E-state index contributed by atoms with van der Waals surface area (Å²) in [5.74, 6) is -1.05. The number of nitrogens with zero attached hydrogens (tertiary/aromatic N) is 1. The van der Waals surface area contributed by atoms with E-state index in [4.69, 9.17) is 14.6 Å². The number of hydrogen-bond donors (Lipinski definition) is 1. The lowest BCUT2D eigenvalue weighted by molar-refractivity contribution is -0.131. The van der Waals surface area contributed by atoms with Crippen LogP contribution in [0.2, 0.25) is 0 Å². The van der Waals surface area contributed by atoms with Crippen molar-refractivity contribution in [1.29, 1.82) is 0 Å². The van der Waals surface area contributed by atoms with Gasteiger partial charge in [0.25, 0.3) is 0 Å². The van der Waals surface area contributed by atoms with Crippen LogP contribution in [-0.4, -0.2) is 53.5 Å². The Labute approximate surface area is 106 Å². The van der Waals surface area contributed by atoms with Crippen molar-refractivity contribution in [2.75, 3.05) is 19.8 Å². The lowest BCUT2D eigenvalue weighted by atomic mass is 10.2. The van der Waals surface area contributed by atoms with Gasteiger partial charge in [0, 0.05) is 12.6 Å². The molecule has 1 heterocycles. The molecule has 1 amide bonds. The third-order valence-electron chi connectivity index (χ3n) is 2.25. The number of carbonyl (C=O) groups excluding carboxylic acids is 1. The monoisotopic (exact) mass is 257 g/mol. The van der Waals surface area contributed by atoms with Crippen LogP contribution in [0.1, 0.15) is 20.8 Å². The molecule has 1 fully saturated rings. The molecule has 0 radical (unpaired) electrons. The van der Waals surface area contributed by atoms with Gasteiger partial charge in [-0.2, -0.15) is 0 Å². The molecule has 0 aromatic rings. The minimum Gasteiger partial charge on any atom is -0.478 e. The molecule has 1 aliphatic heterocycles. The number of morpholine rings is 1. The van der Waals surface area contributed by atoms with E-state index >= 15 is 0 Å². The molecule has 1 atom stereocenters. The van der Waals surface area contributed by atoms with Crippen molar-refractivity contribution in [3.63, 3.8) is 0 Å². The van der Waals surface area contributed by atoms with E-state index in [9.17, 15) is 9.59 Å². The van der Waals surface area contributed by atoms with Crippen LogP contribution >= 0.6 is 0 Å². The zero-order valence-corrected chi connectivity index (χ0v) is 10.9. The zero-order chi connectivity index (χ0) is 13.8. The van der Waals surface area contributed by atoms with E-state index in [0.29, 0.717) is 13.2 Å². The Morgan fingerprint density at radius 3 is 2.67 bits per heavy atom. The average Bonchev–Trinajstić information content (AvgIpc) is 2.24. The van der Waals surface area contributed by atoms with Crippen LogP contribution in [0.15, 0.2) is 12.2 Å². The van der Waals surface area contributed by atoms with Crippen molar-refractivity contribution in [2.24, 2.45) is 0 Å². The van der Waals surface area contributed by atoms with Crippen molar-refractivity contribution < 1.29 is 24.2 Å². The van der Waals surface area contributed by atoms with E-state index in [1.165, 1.54) is 11.0 Å². The quantitative estimate of drug-likeness (QED) is 0.754. The van der Waals surface area contributed by atoms with Gasteiger partial charge in [-0.15, -0.1) is 0 Å². The molecule has 102 valence electrons. The number of amides is 1. The molecule has 0 aromatic carbocycles. The predicted molar refractivity (Wildman–Crippen MR) is 64.3 cm³/mol. The fraction of sp³-hybridized carbons (Fsp3) is 0.667. The molecule has 0 unspecified atom stereocenters. The van der Waals surface area contributed by atoms with Crippen molar-refractivity contribution in [3.8, 4) is 0 Å². The zero-order valence-electron chi connectivity index (χ0n) is 10.9. The Kier molecular flexibility index (Phi) is 4.72. The number of ether oxygens (including phenoxy) is 2. The summed E-state index contributed by atoms with van der Waals surface area (Å²) in [7, 11) is 0. The van der Waals surface area contributed by atoms with Crippen molar-refractivity contribution in [1.82, 2.24) is 4.90 Å². The molecule has 1 aliphatic rings. The normalized spacial score (nSPS) is 21.1. The van der Waals surface area contributed by atoms with Gasteiger partial charge in [0.1, 0.15) is 5.60 Å². The molecule has 0 spiro atoms. The molecule has 0 bridgehead atoms. The summed E-state index contributed by atoms with van der Waals surface area (Å²) in [6.07, 6.45) is 1.99. The second kappa shape index (κ2) is 5.86. The first kappa shape index (κ1) is 14.5. The van der Waals surface area contributed by atoms with Crippen LogP contribution in [0.5, 0.6) is 0 Å². The minimum absolute atomic E-state index is 0.281. The summed E-state index contributed by atoms with van der Waals surface area (Å²) in [5, 5.41) is 8.59. The van der Waals surface area contributed by atoms with Crippen LogP contribution in [0.25, 0.3) is 0 Å². The molecule has 6 heteroatoms. The van der Waals surface area contributed by atoms with E-state index in [1.54, 1.807) is 20.8 Å². The van der Waals surface area contributed by atoms with E-state index in [2.05, 4.69) is 0 Å². The summed E-state index contributed by atoms with van der Waals surface area (Å²) in [5.41, 5.74) is -0.573. The maximum atomic E-state index is 11.9. The van der Waals surface area contributed by atoms with Crippen molar-refractivity contribution in [2.45, 2.75) is 32.4 Å². The number of aliphatic carboxylic acids is 1. The summed E-state index contributed by atoms with van der Waals surface area (Å²) in [4.78, 5) is 23.9. The van der Waals surface area contributed by atoms with Crippen molar-refractivity contribution >= 4 is 12.1 Å². The Balaban J connectivity index is 2.70.